The lowest BCUT2D eigenvalue weighted by Crippen LogP contribution is -2.42. The number of amides is 1. The fraction of sp³-hybridized carbons (Fsp3) is 0.458. The minimum atomic E-state index is 0.126. The SMILES string of the molecule is Cc1ccc2c(c1)CCCN2CC(=O)N1CCC[C@H]1c1ccc2c(c1)OCCO2. The topological polar surface area (TPSA) is 42.0 Å². The van der Waals surface area contributed by atoms with E-state index in [-0.39, 0.29) is 11.9 Å². The van der Waals surface area contributed by atoms with E-state index in [0.717, 1.165) is 55.8 Å². The predicted octanol–water partition coefficient (Wildman–Crippen LogP) is 3.88. The van der Waals surface area contributed by atoms with Crippen LogP contribution in [0.1, 0.15) is 42.0 Å². The molecule has 152 valence electrons. The number of likely N-dealkylation sites (tertiary alicyclic amines) is 1. The first kappa shape index (κ1) is 18.3. The molecule has 5 nitrogen and oxygen atoms in total. The van der Waals surface area contributed by atoms with E-state index in [1.54, 1.807) is 0 Å². The Morgan fingerprint density at radius 2 is 1.90 bits per heavy atom. The number of hydrogen-bond donors (Lipinski definition) is 0. The first-order valence-electron chi connectivity index (χ1n) is 10.7. The summed E-state index contributed by atoms with van der Waals surface area (Å²) < 4.78 is 11.4. The number of anilines is 1. The molecule has 3 heterocycles. The maximum absolute atomic E-state index is 13.3. The quantitative estimate of drug-likeness (QED) is 0.795. The Bertz CT molecular complexity index is 926. The highest BCUT2D eigenvalue weighted by atomic mass is 16.6. The number of ether oxygens (including phenoxy) is 2. The highest BCUT2D eigenvalue weighted by Crippen LogP contribution is 2.38. The lowest BCUT2D eigenvalue weighted by atomic mass is 9.99. The molecule has 0 bridgehead atoms. The number of benzene rings is 2. The second-order valence-corrected chi connectivity index (χ2v) is 8.31. The molecule has 0 radical (unpaired) electrons. The standard InChI is InChI=1S/C24H28N2O3/c1-17-6-8-20-18(14-17)4-2-10-25(20)16-24(27)26-11-3-5-21(26)19-7-9-22-23(15-19)29-13-12-28-22/h6-9,14-15,21H,2-5,10-13,16H2,1H3/t21-/m0/s1. The van der Waals surface area contributed by atoms with Crippen molar-refractivity contribution in [1.82, 2.24) is 4.90 Å². The smallest absolute Gasteiger partial charge is 0.242 e. The molecule has 0 N–H and O–H groups in total. The van der Waals surface area contributed by atoms with Crippen LogP contribution in [-0.4, -0.2) is 43.7 Å². The number of hydrogen-bond acceptors (Lipinski definition) is 4. The van der Waals surface area contributed by atoms with Crippen LogP contribution in [0.4, 0.5) is 5.69 Å². The van der Waals surface area contributed by atoms with Gasteiger partial charge in [-0.05, 0) is 61.9 Å². The highest BCUT2D eigenvalue weighted by Gasteiger charge is 2.32. The normalized spacial score (nSPS) is 20.5. The van der Waals surface area contributed by atoms with E-state index < -0.39 is 0 Å². The van der Waals surface area contributed by atoms with Crippen molar-refractivity contribution < 1.29 is 14.3 Å². The van der Waals surface area contributed by atoms with Crippen LogP contribution in [0, 0.1) is 6.92 Å². The van der Waals surface area contributed by atoms with Crippen LogP contribution in [0.2, 0.25) is 0 Å². The molecule has 29 heavy (non-hydrogen) atoms. The second-order valence-electron chi connectivity index (χ2n) is 8.31. The molecule has 2 aromatic carbocycles. The van der Waals surface area contributed by atoms with Crippen molar-refractivity contribution in [3.63, 3.8) is 0 Å². The summed E-state index contributed by atoms with van der Waals surface area (Å²) in [6.07, 6.45) is 4.25. The zero-order chi connectivity index (χ0) is 19.8. The van der Waals surface area contributed by atoms with E-state index in [2.05, 4.69) is 47.1 Å². The maximum Gasteiger partial charge on any atom is 0.242 e. The minimum Gasteiger partial charge on any atom is -0.486 e. The van der Waals surface area contributed by atoms with E-state index in [9.17, 15) is 4.79 Å². The largest absolute Gasteiger partial charge is 0.486 e. The Balaban J connectivity index is 1.34. The molecule has 5 rings (SSSR count). The number of aryl methyl sites for hydroxylation is 2. The average molecular weight is 392 g/mol. The van der Waals surface area contributed by atoms with Gasteiger partial charge in [-0.15, -0.1) is 0 Å². The third-order valence-electron chi connectivity index (χ3n) is 6.30. The van der Waals surface area contributed by atoms with Gasteiger partial charge in [-0.2, -0.15) is 0 Å². The van der Waals surface area contributed by atoms with Crippen molar-refractivity contribution in [2.45, 2.75) is 38.6 Å². The summed E-state index contributed by atoms with van der Waals surface area (Å²) in [4.78, 5) is 17.6. The first-order valence-corrected chi connectivity index (χ1v) is 10.7. The van der Waals surface area contributed by atoms with Gasteiger partial charge in [0.25, 0.3) is 0 Å². The molecule has 0 aliphatic carbocycles. The minimum absolute atomic E-state index is 0.126. The molecule has 1 amide bonds. The molecule has 5 heteroatoms. The van der Waals surface area contributed by atoms with Gasteiger partial charge < -0.3 is 19.3 Å². The van der Waals surface area contributed by atoms with Crippen LogP contribution < -0.4 is 14.4 Å². The predicted molar refractivity (Wildman–Crippen MR) is 113 cm³/mol. The van der Waals surface area contributed by atoms with Gasteiger partial charge in [0.15, 0.2) is 11.5 Å². The van der Waals surface area contributed by atoms with Crippen LogP contribution >= 0.6 is 0 Å². The molecular formula is C24H28N2O3. The van der Waals surface area contributed by atoms with Gasteiger partial charge in [0.1, 0.15) is 13.2 Å². The number of fused-ring (bicyclic) bond motifs is 2. The highest BCUT2D eigenvalue weighted by molar-refractivity contribution is 5.83. The molecule has 3 aliphatic heterocycles. The van der Waals surface area contributed by atoms with Gasteiger partial charge in [0.2, 0.25) is 5.91 Å². The Morgan fingerprint density at radius 3 is 2.79 bits per heavy atom. The van der Waals surface area contributed by atoms with Crippen molar-refractivity contribution >= 4 is 11.6 Å². The molecule has 1 saturated heterocycles. The van der Waals surface area contributed by atoms with Gasteiger partial charge in [-0.25, -0.2) is 0 Å². The summed E-state index contributed by atoms with van der Waals surface area (Å²) in [5, 5.41) is 0. The molecule has 0 saturated carbocycles. The molecule has 0 spiro atoms. The fourth-order valence-corrected chi connectivity index (χ4v) is 4.90. The van der Waals surface area contributed by atoms with Crippen LogP contribution in [0.5, 0.6) is 11.5 Å². The second kappa shape index (κ2) is 7.62. The van der Waals surface area contributed by atoms with Crippen molar-refractivity contribution in [3.8, 4) is 11.5 Å². The number of carbonyl (C=O) groups is 1. The third-order valence-corrected chi connectivity index (χ3v) is 6.30. The summed E-state index contributed by atoms with van der Waals surface area (Å²) in [6, 6.07) is 12.8. The molecule has 3 aliphatic rings. The molecule has 0 unspecified atom stereocenters. The Hall–Kier alpha value is -2.69. The molecule has 0 aromatic heterocycles. The van der Waals surface area contributed by atoms with Crippen LogP contribution in [0.15, 0.2) is 36.4 Å². The van der Waals surface area contributed by atoms with Gasteiger partial charge in [0.05, 0.1) is 12.6 Å². The number of nitrogens with zero attached hydrogens (tertiary/aromatic N) is 2. The van der Waals surface area contributed by atoms with E-state index >= 15 is 0 Å². The molecule has 2 aromatic rings. The fourth-order valence-electron chi connectivity index (χ4n) is 4.90. The molecule has 1 fully saturated rings. The van der Waals surface area contributed by atoms with E-state index in [1.807, 2.05) is 6.07 Å². The summed E-state index contributed by atoms with van der Waals surface area (Å²) in [6.45, 7) is 5.54. The van der Waals surface area contributed by atoms with Gasteiger partial charge in [0, 0.05) is 18.8 Å². The number of rotatable bonds is 3. The Morgan fingerprint density at radius 1 is 1.03 bits per heavy atom. The summed E-state index contributed by atoms with van der Waals surface area (Å²) in [7, 11) is 0. The Kier molecular flexibility index (Phi) is 4.82. The van der Waals surface area contributed by atoms with Crippen LogP contribution in [-0.2, 0) is 11.2 Å². The lowest BCUT2D eigenvalue weighted by Gasteiger charge is -2.34. The molecule has 1 atom stereocenters. The molecular weight excluding hydrogens is 364 g/mol. The van der Waals surface area contributed by atoms with Crippen LogP contribution in [0.3, 0.4) is 0 Å². The summed E-state index contributed by atoms with van der Waals surface area (Å²) in [5.74, 6) is 1.82. The van der Waals surface area contributed by atoms with E-state index in [0.29, 0.717) is 19.8 Å². The van der Waals surface area contributed by atoms with Crippen molar-refractivity contribution in [3.05, 3.63) is 53.1 Å². The zero-order valence-electron chi connectivity index (χ0n) is 17.0. The average Bonchev–Trinajstić information content (AvgIpc) is 3.23. The lowest BCUT2D eigenvalue weighted by molar-refractivity contribution is -0.130. The van der Waals surface area contributed by atoms with Crippen LogP contribution in [0.25, 0.3) is 0 Å². The van der Waals surface area contributed by atoms with E-state index in [4.69, 9.17) is 9.47 Å². The summed E-state index contributed by atoms with van der Waals surface area (Å²) >= 11 is 0. The summed E-state index contributed by atoms with van der Waals surface area (Å²) in [5.41, 5.74) is 5.03. The van der Waals surface area contributed by atoms with Crippen molar-refractivity contribution in [2.75, 3.05) is 37.7 Å². The van der Waals surface area contributed by atoms with Gasteiger partial charge >= 0.3 is 0 Å². The van der Waals surface area contributed by atoms with E-state index in [1.165, 1.54) is 16.8 Å². The monoisotopic (exact) mass is 392 g/mol. The van der Waals surface area contributed by atoms with Gasteiger partial charge in [-0.3, -0.25) is 4.79 Å². The zero-order valence-corrected chi connectivity index (χ0v) is 17.0. The number of carbonyl (C=O) groups excluding carboxylic acids is 1. The van der Waals surface area contributed by atoms with Crippen molar-refractivity contribution in [2.24, 2.45) is 0 Å². The van der Waals surface area contributed by atoms with Gasteiger partial charge in [-0.1, -0.05) is 23.8 Å². The third kappa shape index (κ3) is 3.54. The van der Waals surface area contributed by atoms with Crippen molar-refractivity contribution in [1.29, 1.82) is 0 Å². The maximum atomic E-state index is 13.3. The first-order chi connectivity index (χ1) is 14.2. The Labute approximate surface area is 172 Å².